The summed E-state index contributed by atoms with van der Waals surface area (Å²) in [6.45, 7) is 1.67. The van der Waals surface area contributed by atoms with Crippen LogP contribution in [0, 0.1) is 0 Å². The van der Waals surface area contributed by atoms with E-state index in [1.807, 2.05) is 61.6 Å². The van der Waals surface area contributed by atoms with Gasteiger partial charge in [-0.05, 0) is 50.2 Å². The highest BCUT2D eigenvalue weighted by atomic mass is 16.2. The summed E-state index contributed by atoms with van der Waals surface area (Å²) in [5.74, 6) is 0.0607. The van der Waals surface area contributed by atoms with Crippen molar-refractivity contribution < 1.29 is 4.79 Å². The first-order chi connectivity index (χ1) is 12.1. The molecule has 1 saturated heterocycles. The molecular formula is C21H25N3O. The first-order valence-corrected chi connectivity index (χ1v) is 8.77. The average molecular weight is 335 g/mol. The van der Waals surface area contributed by atoms with E-state index < -0.39 is 0 Å². The fourth-order valence-electron chi connectivity index (χ4n) is 3.26. The molecule has 0 aliphatic carbocycles. The molecule has 1 aromatic heterocycles. The lowest BCUT2D eigenvalue weighted by Gasteiger charge is -2.23. The molecule has 1 amide bonds. The number of carbonyl (C=O) groups excluding carboxylic acids is 1. The highest BCUT2D eigenvalue weighted by Crippen LogP contribution is 2.31. The minimum Gasteiger partial charge on any atom is -0.331 e. The minimum absolute atomic E-state index is 0.0607. The van der Waals surface area contributed by atoms with Gasteiger partial charge < -0.3 is 9.80 Å². The number of hydrogen-bond acceptors (Lipinski definition) is 3. The highest BCUT2D eigenvalue weighted by molar-refractivity contribution is 5.92. The maximum Gasteiger partial charge on any atom is 0.247 e. The largest absolute Gasteiger partial charge is 0.331 e. The van der Waals surface area contributed by atoms with Crippen LogP contribution < -0.4 is 0 Å². The summed E-state index contributed by atoms with van der Waals surface area (Å²) in [6, 6.07) is 14.2. The number of benzene rings is 1. The van der Waals surface area contributed by atoms with Gasteiger partial charge in [-0.3, -0.25) is 9.78 Å². The summed E-state index contributed by atoms with van der Waals surface area (Å²) in [5.41, 5.74) is 3.22. The second-order valence-electron chi connectivity index (χ2n) is 6.76. The van der Waals surface area contributed by atoms with Crippen molar-refractivity contribution in [1.82, 2.24) is 14.8 Å². The van der Waals surface area contributed by atoms with Gasteiger partial charge in [0.1, 0.15) is 0 Å². The number of hydrogen-bond donors (Lipinski definition) is 0. The van der Waals surface area contributed by atoms with Crippen LogP contribution in [0.3, 0.4) is 0 Å². The molecule has 0 spiro atoms. The Hall–Kier alpha value is -2.46. The molecular weight excluding hydrogens is 310 g/mol. The molecule has 0 bridgehead atoms. The molecule has 4 heteroatoms. The van der Waals surface area contributed by atoms with E-state index >= 15 is 0 Å². The minimum atomic E-state index is 0.0607. The Morgan fingerprint density at radius 1 is 1.24 bits per heavy atom. The zero-order chi connectivity index (χ0) is 17.6. The zero-order valence-corrected chi connectivity index (χ0v) is 14.9. The Labute approximate surface area is 149 Å². The number of rotatable bonds is 5. The Bertz CT molecular complexity index is 723. The molecule has 0 unspecified atom stereocenters. The summed E-state index contributed by atoms with van der Waals surface area (Å²) in [7, 11) is 4.09. The van der Waals surface area contributed by atoms with E-state index in [0.717, 1.165) is 37.2 Å². The molecule has 2 aromatic rings. The van der Waals surface area contributed by atoms with Crippen LogP contribution in [0.4, 0.5) is 0 Å². The van der Waals surface area contributed by atoms with E-state index in [2.05, 4.69) is 22.0 Å². The van der Waals surface area contributed by atoms with Gasteiger partial charge in [-0.1, -0.05) is 36.4 Å². The highest BCUT2D eigenvalue weighted by Gasteiger charge is 2.29. The molecule has 2 heterocycles. The monoisotopic (exact) mass is 335 g/mol. The van der Waals surface area contributed by atoms with E-state index in [4.69, 9.17) is 0 Å². The fourth-order valence-corrected chi connectivity index (χ4v) is 3.26. The molecule has 0 radical (unpaired) electrons. The number of pyridine rings is 1. The van der Waals surface area contributed by atoms with Crippen molar-refractivity contribution in [1.29, 1.82) is 0 Å². The van der Waals surface area contributed by atoms with Crippen molar-refractivity contribution >= 4 is 12.0 Å². The van der Waals surface area contributed by atoms with Crippen LogP contribution in [0.1, 0.15) is 35.7 Å². The second kappa shape index (κ2) is 8.08. The van der Waals surface area contributed by atoms with E-state index in [9.17, 15) is 4.79 Å². The smallest absolute Gasteiger partial charge is 0.247 e. The van der Waals surface area contributed by atoms with Crippen LogP contribution in [0.2, 0.25) is 0 Å². The molecule has 1 fully saturated rings. The summed E-state index contributed by atoms with van der Waals surface area (Å²) in [4.78, 5) is 21.3. The quantitative estimate of drug-likeness (QED) is 0.785. The van der Waals surface area contributed by atoms with Gasteiger partial charge in [0.05, 0.1) is 11.7 Å². The molecule has 25 heavy (non-hydrogen) atoms. The van der Waals surface area contributed by atoms with Crippen LogP contribution in [0.5, 0.6) is 0 Å². The predicted octanol–water partition coefficient (Wildman–Crippen LogP) is 3.52. The Morgan fingerprint density at radius 3 is 2.72 bits per heavy atom. The van der Waals surface area contributed by atoms with Crippen molar-refractivity contribution in [2.75, 3.05) is 20.6 Å². The third-order valence-electron chi connectivity index (χ3n) is 4.44. The Kier molecular flexibility index (Phi) is 5.61. The van der Waals surface area contributed by atoms with Crippen LogP contribution in [-0.4, -0.2) is 41.3 Å². The van der Waals surface area contributed by atoms with Gasteiger partial charge in [0.15, 0.2) is 0 Å². The second-order valence-corrected chi connectivity index (χ2v) is 6.76. The maximum absolute atomic E-state index is 12.6. The van der Waals surface area contributed by atoms with Gasteiger partial charge in [0.2, 0.25) is 5.91 Å². The summed E-state index contributed by atoms with van der Waals surface area (Å²) >= 11 is 0. The number of likely N-dealkylation sites (tertiary alicyclic amines) is 1. The van der Waals surface area contributed by atoms with Crippen LogP contribution in [0.25, 0.3) is 6.08 Å². The molecule has 4 nitrogen and oxygen atoms in total. The lowest BCUT2D eigenvalue weighted by atomic mass is 10.1. The van der Waals surface area contributed by atoms with Gasteiger partial charge in [-0.25, -0.2) is 0 Å². The van der Waals surface area contributed by atoms with Crippen LogP contribution in [-0.2, 0) is 11.3 Å². The van der Waals surface area contributed by atoms with Gasteiger partial charge in [0, 0.05) is 25.4 Å². The topological polar surface area (TPSA) is 36.4 Å². The fraction of sp³-hybridized carbons (Fsp3) is 0.333. The van der Waals surface area contributed by atoms with Crippen LogP contribution in [0.15, 0.2) is 54.7 Å². The van der Waals surface area contributed by atoms with Gasteiger partial charge in [-0.15, -0.1) is 0 Å². The third-order valence-corrected chi connectivity index (χ3v) is 4.44. The number of carbonyl (C=O) groups is 1. The van der Waals surface area contributed by atoms with E-state index in [0.29, 0.717) is 0 Å². The molecule has 1 aliphatic rings. The summed E-state index contributed by atoms with van der Waals surface area (Å²) in [6.07, 6.45) is 7.48. The zero-order valence-electron chi connectivity index (χ0n) is 14.9. The molecule has 1 atom stereocenters. The van der Waals surface area contributed by atoms with Crippen molar-refractivity contribution in [2.45, 2.75) is 25.4 Å². The first-order valence-electron chi connectivity index (χ1n) is 8.77. The van der Waals surface area contributed by atoms with Gasteiger partial charge in [0.25, 0.3) is 0 Å². The first kappa shape index (κ1) is 17.4. The molecule has 1 aromatic carbocycles. The Morgan fingerprint density at radius 2 is 2.04 bits per heavy atom. The van der Waals surface area contributed by atoms with Gasteiger partial charge in [-0.2, -0.15) is 0 Å². The predicted molar refractivity (Wildman–Crippen MR) is 101 cm³/mol. The van der Waals surface area contributed by atoms with Crippen LogP contribution >= 0.6 is 0 Å². The number of nitrogens with zero attached hydrogens (tertiary/aromatic N) is 3. The Balaban J connectivity index is 1.69. The number of amides is 1. The summed E-state index contributed by atoms with van der Waals surface area (Å²) < 4.78 is 0. The normalized spacial score (nSPS) is 17.6. The van der Waals surface area contributed by atoms with Gasteiger partial charge >= 0.3 is 0 Å². The lowest BCUT2D eigenvalue weighted by molar-refractivity contribution is -0.126. The van der Waals surface area contributed by atoms with E-state index in [-0.39, 0.29) is 11.9 Å². The lowest BCUT2D eigenvalue weighted by Crippen LogP contribution is -2.29. The average Bonchev–Trinajstić information content (AvgIpc) is 3.10. The standard InChI is InChI=1S/C21H25N3O/c1-23(2)16-18-10-12-19(22-15-18)20-9-6-14-24(20)21(25)13-11-17-7-4-3-5-8-17/h3-5,7-8,10-13,15,20H,6,9,14,16H2,1-2H3/b13-11+/t20-/m0/s1. The maximum atomic E-state index is 12.6. The van der Waals surface area contributed by atoms with E-state index in [1.54, 1.807) is 6.08 Å². The van der Waals surface area contributed by atoms with Crippen molar-refractivity contribution in [3.8, 4) is 0 Å². The molecule has 0 saturated carbocycles. The van der Waals surface area contributed by atoms with Crippen molar-refractivity contribution in [3.63, 3.8) is 0 Å². The summed E-state index contributed by atoms with van der Waals surface area (Å²) in [5, 5.41) is 0. The molecule has 0 N–H and O–H groups in total. The van der Waals surface area contributed by atoms with E-state index in [1.165, 1.54) is 5.56 Å². The third kappa shape index (κ3) is 4.54. The molecule has 130 valence electrons. The van der Waals surface area contributed by atoms with Crippen molar-refractivity contribution in [2.24, 2.45) is 0 Å². The SMILES string of the molecule is CN(C)Cc1ccc([C@@H]2CCCN2C(=O)/C=C/c2ccccc2)nc1. The molecule has 3 rings (SSSR count). The molecule has 1 aliphatic heterocycles. The number of aromatic nitrogens is 1. The van der Waals surface area contributed by atoms with Crippen molar-refractivity contribution in [3.05, 3.63) is 71.6 Å².